The van der Waals surface area contributed by atoms with Crippen molar-refractivity contribution in [2.24, 2.45) is 0 Å². The molecule has 0 amide bonds. The fraction of sp³-hybridized carbons (Fsp3) is 0.458. The zero-order valence-electron chi connectivity index (χ0n) is 18.9. The SMILES string of the molecule is Cc1ccc(-n2c(SCC(=O)c3cc(C)n(C4CC4)c3C)nnc2N2CCOCC2)cc1. The van der Waals surface area contributed by atoms with Gasteiger partial charge in [0, 0.05) is 36.1 Å². The molecule has 2 fully saturated rings. The third-order valence-corrected chi connectivity index (χ3v) is 7.16. The Morgan fingerprint density at radius 3 is 2.50 bits per heavy atom. The van der Waals surface area contributed by atoms with E-state index in [2.05, 4.69) is 69.3 Å². The van der Waals surface area contributed by atoms with Gasteiger partial charge in [0.05, 0.1) is 24.7 Å². The molecule has 5 rings (SSSR count). The Hall–Kier alpha value is -2.58. The van der Waals surface area contributed by atoms with Gasteiger partial charge in [-0.05, 0) is 51.8 Å². The number of nitrogens with zero attached hydrogens (tertiary/aromatic N) is 5. The average molecular weight is 452 g/mol. The van der Waals surface area contributed by atoms with Crippen molar-refractivity contribution >= 4 is 23.5 Å². The maximum atomic E-state index is 13.1. The summed E-state index contributed by atoms with van der Waals surface area (Å²) in [6.45, 7) is 9.15. The summed E-state index contributed by atoms with van der Waals surface area (Å²) >= 11 is 1.45. The van der Waals surface area contributed by atoms with Crippen LogP contribution < -0.4 is 4.90 Å². The predicted octanol–water partition coefficient (Wildman–Crippen LogP) is 4.14. The Morgan fingerprint density at radius 2 is 1.81 bits per heavy atom. The van der Waals surface area contributed by atoms with Gasteiger partial charge in [0.15, 0.2) is 10.9 Å². The Balaban J connectivity index is 1.41. The van der Waals surface area contributed by atoms with Crippen LogP contribution in [0.2, 0.25) is 0 Å². The van der Waals surface area contributed by atoms with Crippen LogP contribution in [0.4, 0.5) is 5.95 Å². The molecular formula is C24H29N5O2S. The standard InChI is InChI=1S/C24H29N5O2S/c1-16-4-6-20(7-5-16)29-23(27-10-12-31-13-11-27)25-26-24(29)32-15-22(30)21-14-17(2)28(18(21)3)19-8-9-19/h4-7,14,19H,8-13,15H2,1-3H3. The number of benzene rings is 1. The topological polar surface area (TPSA) is 65.2 Å². The third kappa shape index (κ3) is 4.09. The Morgan fingerprint density at radius 1 is 1.09 bits per heavy atom. The number of aryl methyl sites for hydroxylation is 2. The summed E-state index contributed by atoms with van der Waals surface area (Å²) in [5.41, 5.74) is 5.30. The van der Waals surface area contributed by atoms with Gasteiger partial charge < -0.3 is 14.2 Å². The lowest BCUT2D eigenvalue weighted by molar-refractivity contribution is 0.102. The molecule has 0 spiro atoms. The van der Waals surface area contributed by atoms with E-state index in [1.165, 1.54) is 35.9 Å². The largest absolute Gasteiger partial charge is 0.378 e. The number of hydrogen-bond donors (Lipinski definition) is 0. The molecule has 1 aromatic carbocycles. The third-order valence-electron chi connectivity index (χ3n) is 6.23. The van der Waals surface area contributed by atoms with Crippen molar-refractivity contribution in [3.63, 3.8) is 0 Å². The Bertz CT molecular complexity index is 1120. The minimum Gasteiger partial charge on any atom is -0.378 e. The van der Waals surface area contributed by atoms with Crippen molar-refractivity contribution < 1.29 is 9.53 Å². The fourth-order valence-corrected chi connectivity index (χ4v) is 5.24. The number of carbonyl (C=O) groups is 1. The number of hydrogen-bond acceptors (Lipinski definition) is 6. The van der Waals surface area contributed by atoms with Crippen LogP contribution >= 0.6 is 11.8 Å². The summed E-state index contributed by atoms with van der Waals surface area (Å²) in [6, 6.07) is 11.0. The van der Waals surface area contributed by atoms with Crippen LogP contribution in [0.5, 0.6) is 0 Å². The van der Waals surface area contributed by atoms with E-state index in [9.17, 15) is 4.79 Å². The van der Waals surface area contributed by atoms with Crippen molar-refractivity contribution in [2.45, 2.75) is 44.8 Å². The molecule has 7 nitrogen and oxygen atoms in total. The van der Waals surface area contributed by atoms with E-state index in [1.54, 1.807) is 0 Å². The quantitative estimate of drug-likeness (QED) is 0.397. The molecule has 2 aromatic heterocycles. The van der Waals surface area contributed by atoms with Crippen LogP contribution in [0, 0.1) is 20.8 Å². The zero-order chi connectivity index (χ0) is 22.2. The first-order valence-electron chi connectivity index (χ1n) is 11.2. The number of morpholine rings is 1. The molecule has 8 heteroatoms. The average Bonchev–Trinajstić information content (AvgIpc) is 3.47. The van der Waals surface area contributed by atoms with Crippen molar-refractivity contribution in [3.8, 4) is 5.69 Å². The first-order valence-corrected chi connectivity index (χ1v) is 12.2. The van der Waals surface area contributed by atoms with Gasteiger partial charge in [-0.2, -0.15) is 0 Å². The van der Waals surface area contributed by atoms with Crippen LogP contribution in [0.3, 0.4) is 0 Å². The Labute approximate surface area is 192 Å². The van der Waals surface area contributed by atoms with Crippen molar-refractivity contribution in [2.75, 3.05) is 37.0 Å². The van der Waals surface area contributed by atoms with Gasteiger partial charge in [0.2, 0.25) is 5.95 Å². The van der Waals surface area contributed by atoms with Crippen LogP contribution in [-0.2, 0) is 4.74 Å². The summed E-state index contributed by atoms with van der Waals surface area (Å²) < 4.78 is 9.90. The monoisotopic (exact) mass is 451 g/mol. The summed E-state index contributed by atoms with van der Waals surface area (Å²) in [7, 11) is 0. The van der Waals surface area contributed by atoms with E-state index >= 15 is 0 Å². The van der Waals surface area contributed by atoms with Crippen molar-refractivity contribution in [1.82, 2.24) is 19.3 Å². The second-order valence-electron chi connectivity index (χ2n) is 8.65. The van der Waals surface area contributed by atoms with E-state index in [4.69, 9.17) is 4.74 Å². The molecule has 2 aliphatic rings. The molecule has 32 heavy (non-hydrogen) atoms. The number of ether oxygens (including phenoxy) is 1. The highest BCUT2D eigenvalue weighted by Crippen LogP contribution is 2.38. The number of anilines is 1. The molecule has 0 radical (unpaired) electrons. The lowest BCUT2D eigenvalue weighted by atomic mass is 10.2. The Kier molecular flexibility index (Phi) is 5.82. The summed E-state index contributed by atoms with van der Waals surface area (Å²) in [5.74, 6) is 1.28. The van der Waals surface area contributed by atoms with Crippen LogP contribution in [-0.4, -0.2) is 57.2 Å². The number of aromatic nitrogens is 4. The van der Waals surface area contributed by atoms with Crippen molar-refractivity contribution in [3.05, 3.63) is 52.8 Å². The number of carbonyl (C=O) groups excluding carboxylic acids is 1. The first kappa shape index (κ1) is 21.3. The lowest BCUT2D eigenvalue weighted by Crippen LogP contribution is -2.37. The van der Waals surface area contributed by atoms with E-state index < -0.39 is 0 Å². The highest BCUT2D eigenvalue weighted by Gasteiger charge is 2.29. The summed E-state index contributed by atoms with van der Waals surface area (Å²) in [4.78, 5) is 15.3. The summed E-state index contributed by atoms with van der Waals surface area (Å²) in [5, 5.41) is 9.71. The predicted molar refractivity (Wildman–Crippen MR) is 126 cm³/mol. The molecule has 1 aliphatic heterocycles. The van der Waals surface area contributed by atoms with E-state index in [0.717, 1.165) is 41.1 Å². The molecule has 1 saturated heterocycles. The molecule has 168 valence electrons. The maximum absolute atomic E-state index is 13.1. The van der Waals surface area contributed by atoms with Gasteiger partial charge >= 0.3 is 0 Å². The van der Waals surface area contributed by atoms with Gasteiger partial charge in [0.1, 0.15) is 0 Å². The zero-order valence-corrected chi connectivity index (χ0v) is 19.7. The maximum Gasteiger partial charge on any atom is 0.232 e. The smallest absolute Gasteiger partial charge is 0.232 e. The molecule has 0 unspecified atom stereocenters. The van der Waals surface area contributed by atoms with Gasteiger partial charge in [0.25, 0.3) is 0 Å². The molecule has 1 saturated carbocycles. The summed E-state index contributed by atoms with van der Waals surface area (Å²) in [6.07, 6.45) is 2.42. The van der Waals surface area contributed by atoms with Gasteiger partial charge in [-0.1, -0.05) is 29.5 Å². The van der Waals surface area contributed by atoms with Gasteiger partial charge in [-0.15, -0.1) is 10.2 Å². The van der Waals surface area contributed by atoms with Crippen molar-refractivity contribution in [1.29, 1.82) is 0 Å². The van der Waals surface area contributed by atoms with Crippen LogP contribution in [0.25, 0.3) is 5.69 Å². The van der Waals surface area contributed by atoms with E-state index in [1.807, 2.05) is 6.07 Å². The molecular weight excluding hydrogens is 422 g/mol. The van der Waals surface area contributed by atoms with E-state index in [-0.39, 0.29) is 5.78 Å². The minimum absolute atomic E-state index is 0.140. The highest BCUT2D eigenvalue weighted by molar-refractivity contribution is 7.99. The number of ketones is 1. The van der Waals surface area contributed by atoms with Gasteiger partial charge in [-0.25, -0.2) is 0 Å². The number of Topliss-reactive ketones (excluding diaryl/α,β-unsaturated/α-hetero) is 1. The van der Waals surface area contributed by atoms with Crippen LogP contribution in [0.15, 0.2) is 35.5 Å². The molecule has 3 aromatic rings. The molecule has 0 atom stereocenters. The molecule has 3 heterocycles. The number of thioether (sulfide) groups is 1. The van der Waals surface area contributed by atoms with Gasteiger partial charge in [-0.3, -0.25) is 9.36 Å². The number of rotatable bonds is 7. The molecule has 0 bridgehead atoms. The lowest BCUT2D eigenvalue weighted by Gasteiger charge is -2.27. The fourth-order valence-electron chi connectivity index (χ4n) is 4.41. The first-order chi connectivity index (χ1) is 15.5. The highest BCUT2D eigenvalue weighted by atomic mass is 32.2. The van der Waals surface area contributed by atoms with E-state index in [0.29, 0.717) is 25.0 Å². The second-order valence-corrected chi connectivity index (χ2v) is 9.59. The minimum atomic E-state index is 0.140. The second kappa shape index (κ2) is 8.75. The van der Waals surface area contributed by atoms with Crippen LogP contribution in [0.1, 0.15) is 46.2 Å². The normalized spacial score (nSPS) is 16.5. The molecule has 1 aliphatic carbocycles. The molecule has 0 N–H and O–H groups in total.